The Morgan fingerprint density at radius 2 is 1.83 bits per heavy atom. The summed E-state index contributed by atoms with van der Waals surface area (Å²) < 4.78 is 11.0. The van der Waals surface area contributed by atoms with Gasteiger partial charge in [-0.1, -0.05) is 19.8 Å². The molecule has 1 aromatic carbocycles. The van der Waals surface area contributed by atoms with Gasteiger partial charge in [0.2, 0.25) is 0 Å². The number of hydrogen-bond acceptors (Lipinski definition) is 4. The van der Waals surface area contributed by atoms with Gasteiger partial charge < -0.3 is 9.47 Å². The lowest BCUT2D eigenvalue weighted by atomic mass is 10.2. The van der Waals surface area contributed by atoms with Gasteiger partial charge in [-0.2, -0.15) is 10.2 Å². The molecular formula is C18H29NO3S. The Morgan fingerprint density at radius 1 is 1.13 bits per heavy atom. The van der Waals surface area contributed by atoms with Crippen molar-refractivity contribution in [3.05, 3.63) is 29.8 Å². The van der Waals surface area contributed by atoms with E-state index in [-0.39, 0.29) is 5.97 Å². The van der Waals surface area contributed by atoms with Crippen LogP contribution in [0.25, 0.3) is 0 Å². The maximum absolute atomic E-state index is 12.1. The zero-order chi connectivity index (χ0) is 16.5. The molecule has 0 spiro atoms. The van der Waals surface area contributed by atoms with E-state index in [0.29, 0.717) is 18.8 Å². The van der Waals surface area contributed by atoms with E-state index in [9.17, 15) is 4.79 Å². The highest BCUT2D eigenvalue weighted by Gasteiger charge is 2.22. The van der Waals surface area contributed by atoms with Crippen molar-refractivity contribution in [3.8, 4) is 5.75 Å². The van der Waals surface area contributed by atoms with E-state index < -0.39 is 10.2 Å². The fraction of sp³-hybridized carbons (Fsp3) is 0.611. The van der Waals surface area contributed by atoms with Crippen molar-refractivity contribution in [2.75, 3.05) is 30.5 Å². The van der Waals surface area contributed by atoms with Gasteiger partial charge in [-0.05, 0) is 55.0 Å². The summed E-state index contributed by atoms with van der Waals surface area (Å²) in [6.07, 6.45) is 5.87. The fourth-order valence-corrected chi connectivity index (χ4v) is 5.25. The van der Waals surface area contributed by atoms with Crippen LogP contribution in [-0.2, 0) is 4.74 Å². The highest BCUT2D eigenvalue weighted by Crippen LogP contribution is 2.44. The van der Waals surface area contributed by atoms with Crippen LogP contribution < -0.4 is 9.88 Å². The number of rotatable bonds is 8. The fourth-order valence-electron chi connectivity index (χ4n) is 2.67. The standard InChI is InChI=1S/C18H29NO3S/c1-2-3-11-21-17-9-7-16(8-10-17)18(20)22-12-15-23(19)13-5-4-6-14-23/h7-10H,2-6,11-15,19H2,1H3. The summed E-state index contributed by atoms with van der Waals surface area (Å²) in [7, 11) is -1.03. The number of benzene rings is 1. The van der Waals surface area contributed by atoms with E-state index >= 15 is 0 Å². The molecule has 1 aromatic rings. The number of carbonyl (C=O) groups excluding carboxylic acids is 1. The van der Waals surface area contributed by atoms with Crippen LogP contribution in [-0.4, -0.2) is 36.4 Å². The normalized spacial score (nSPS) is 18.2. The molecule has 0 amide bonds. The molecule has 0 bridgehead atoms. The lowest BCUT2D eigenvalue weighted by molar-refractivity contribution is 0.0529. The topological polar surface area (TPSA) is 61.5 Å². The Balaban J connectivity index is 1.74. The van der Waals surface area contributed by atoms with Crippen molar-refractivity contribution < 1.29 is 14.3 Å². The number of ether oxygens (including phenoxy) is 2. The molecule has 1 aliphatic heterocycles. The van der Waals surface area contributed by atoms with Gasteiger partial charge in [-0.3, -0.25) is 5.14 Å². The van der Waals surface area contributed by atoms with E-state index in [4.69, 9.17) is 14.6 Å². The highest BCUT2D eigenvalue weighted by atomic mass is 32.3. The molecule has 2 rings (SSSR count). The van der Waals surface area contributed by atoms with Crippen molar-refractivity contribution in [3.63, 3.8) is 0 Å². The van der Waals surface area contributed by atoms with Gasteiger partial charge in [0.25, 0.3) is 0 Å². The second kappa shape index (κ2) is 9.18. The monoisotopic (exact) mass is 339 g/mol. The van der Waals surface area contributed by atoms with Crippen LogP contribution in [0.5, 0.6) is 5.75 Å². The first kappa shape index (κ1) is 18.1. The molecule has 1 fully saturated rings. The highest BCUT2D eigenvalue weighted by molar-refractivity contribution is 8.31. The third-order valence-corrected chi connectivity index (χ3v) is 7.36. The maximum Gasteiger partial charge on any atom is 0.338 e. The maximum atomic E-state index is 12.1. The van der Waals surface area contributed by atoms with Crippen LogP contribution >= 0.6 is 10.2 Å². The quantitative estimate of drug-likeness (QED) is 0.576. The summed E-state index contributed by atoms with van der Waals surface area (Å²) in [4.78, 5) is 12.1. The number of unbranched alkanes of at least 4 members (excludes halogenated alkanes) is 1. The zero-order valence-electron chi connectivity index (χ0n) is 14.1. The summed E-state index contributed by atoms with van der Waals surface area (Å²) in [5.41, 5.74) is 0.567. The third-order valence-electron chi connectivity index (χ3n) is 4.18. The molecule has 0 aromatic heterocycles. The average molecular weight is 340 g/mol. The van der Waals surface area contributed by atoms with E-state index in [1.807, 2.05) is 12.1 Å². The number of esters is 1. The Kier molecular flexibility index (Phi) is 7.24. The first-order valence-electron chi connectivity index (χ1n) is 8.57. The largest absolute Gasteiger partial charge is 0.494 e. The first-order valence-corrected chi connectivity index (χ1v) is 10.8. The van der Waals surface area contributed by atoms with Gasteiger partial charge in [-0.15, -0.1) is 0 Å². The van der Waals surface area contributed by atoms with Gasteiger partial charge in [-0.25, -0.2) is 4.79 Å². The Labute approximate surface area is 141 Å². The van der Waals surface area contributed by atoms with Crippen LogP contribution in [0.4, 0.5) is 0 Å². The predicted molar refractivity (Wildman–Crippen MR) is 97.4 cm³/mol. The Morgan fingerprint density at radius 3 is 2.48 bits per heavy atom. The molecule has 23 heavy (non-hydrogen) atoms. The van der Waals surface area contributed by atoms with Crippen LogP contribution in [0.3, 0.4) is 0 Å². The minimum Gasteiger partial charge on any atom is -0.494 e. The molecular weight excluding hydrogens is 310 g/mol. The molecule has 0 atom stereocenters. The van der Waals surface area contributed by atoms with Crippen molar-refractivity contribution in [2.45, 2.75) is 39.0 Å². The molecule has 0 unspecified atom stereocenters. The van der Waals surface area contributed by atoms with Crippen LogP contribution in [0, 0.1) is 0 Å². The minimum absolute atomic E-state index is 0.274. The minimum atomic E-state index is -1.03. The van der Waals surface area contributed by atoms with Gasteiger partial charge in [0.15, 0.2) is 0 Å². The first-order chi connectivity index (χ1) is 11.1. The number of nitrogens with two attached hydrogens (primary N) is 1. The van der Waals surface area contributed by atoms with E-state index in [1.165, 1.54) is 19.3 Å². The lowest BCUT2D eigenvalue weighted by Crippen LogP contribution is -2.28. The van der Waals surface area contributed by atoms with E-state index in [1.54, 1.807) is 12.1 Å². The molecule has 2 N–H and O–H groups in total. The SMILES string of the molecule is CCCCOc1ccc(C(=O)OCCS2(N)CCCCC2)cc1. The average Bonchev–Trinajstić information content (AvgIpc) is 2.56. The van der Waals surface area contributed by atoms with Gasteiger partial charge in [0.05, 0.1) is 12.2 Å². The van der Waals surface area contributed by atoms with Gasteiger partial charge in [0.1, 0.15) is 12.4 Å². The lowest BCUT2D eigenvalue weighted by Gasteiger charge is -2.38. The molecule has 5 heteroatoms. The second-order valence-corrected chi connectivity index (χ2v) is 9.60. The number of hydrogen-bond donors (Lipinski definition) is 1. The molecule has 130 valence electrons. The summed E-state index contributed by atoms with van der Waals surface area (Å²) in [6.45, 7) is 3.27. The van der Waals surface area contributed by atoms with Crippen LogP contribution in [0.2, 0.25) is 0 Å². The van der Waals surface area contributed by atoms with Gasteiger partial charge >= 0.3 is 5.97 Å². The van der Waals surface area contributed by atoms with Crippen LogP contribution in [0.1, 0.15) is 49.4 Å². The molecule has 0 saturated carbocycles. The number of carbonyl (C=O) groups is 1. The Bertz CT molecular complexity index is 484. The second-order valence-electron chi connectivity index (χ2n) is 6.15. The third kappa shape index (κ3) is 6.07. The Hall–Kier alpha value is -1.20. The molecule has 4 nitrogen and oxygen atoms in total. The van der Waals surface area contributed by atoms with Crippen molar-refractivity contribution in [1.29, 1.82) is 0 Å². The van der Waals surface area contributed by atoms with E-state index in [0.717, 1.165) is 35.8 Å². The predicted octanol–water partition coefficient (Wildman–Crippen LogP) is 3.88. The molecule has 1 heterocycles. The molecule has 1 aliphatic rings. The van der Waals surface area contributed by atoms with E-state index in [2.05, 4.69) is 6.92 Å². The van der Waals surface area contributed by atoms with Gasteiger partial charge in [0, 0.05) is 5.75 Å². The van der Waals surface area contributed by atoms with Crippen molar-refractivity contribution >= 4 is 16.2 Å². The summed E-state index contributed by atoms with van der Waals surface area (Å²) in [5, 5.41) is 6.44. The zero-order valence-corrected chi connectivity index (χ0v) is 14.9. The molecule has 0 radical (unpaired) electrons. The summed E-state index contributed by atoms with van der Waals surface area (Å²) in [6, 6.07) is 7.16. The van der Waals surface area contributed by atoms with Crippen molar-refractivity contribution in [1.82, 2.24) is 0 Å². The van der Waals surface area contributed by atoms with Crippen LogP contribution in [0.15, 0.2) is 24.3 Å². The molecule has 1 saturated heterocycles. The van der Waals surface area contributed by atoms with Crippen molar-refractivity contribution in [2.24, 2.45) is 5.14 Å². The summed E-state index contributed by atoms with van der Waals surface area (Å²) >= 11 is 0. The molecule has 0 aliphatic carbocycles. The summed E-state index contributed by atoms with van der Waals surface area (Å²) in [5.74, 6) is 3.59. The smallest absolute Gasteiger partial charge is 0.338 e.